The number of allylic oxidation sites excluding steroid dienone is 2. The number of nitrogens with one attached hydrogen (secondary N) is 1. The molecule has 0 heterocycles. The number of hydrogen-bond donors (Lipinski definition) is 1. The van der Waals surface area contributed by atoms with Crippen molar-refractivity contribution in [3.8, 4) is 0 Å². The van der Waals surface area contributed by atoms with E-state index < -0.39 is 0 Å². The molecule has 0 bridgehead atoms. The number of benzene rings is 1. The second kappa shape index (κ2) is 4.84. The first-order chi connectivity index (χ1) is 8.82. The van der Waals surface area contributed by atoms with Crippen molar-refractivity contribution >= 4 is 11.6 Å². The number of hydrogen-bond acceptors (Lipinski definition) is 1. The first kappa shape index (κ1) is 13.9. The van der Waals surface area contributed by atoms with Crippen molar-refractivity contribution < 1.29 is 4.79 Å². The molecule has 1 aliphatic carbocycles. The van der Waals surface area contributed by atoms with Crippen LogP contribution >= 0.6 is 0 Å². The molecular weight excluding hydrogens is 234 g/mol. The van der Waals surface area contributed by atoms with Crippen molar-refractivity contribution in [1.82, 2.24) is 0 Å². The van der Waals surface area contributed by atoms with Crippen LogP contribution in [0.5, 0.6) is 0 Å². The van der Waals surface area contributed by atoms with Crippen molar-refractivity contribution in [3.05, 3.63) is 41.5 Å². The zero-order chi connectivity index (χ0) is 14.2. The molecule has 0 saturated heterocycles. The van der Waals surface area contributed by atoms with Gasteiger partial charge in [-0.25, -0.2) is 0 Å². The molecule has 1 aromatic rings. The lowest BCUT2D eigenvalue weighted by atomic mass is 10.1. The lowest BCUT2D eigenvalue weighted by Gasteiger charge is -2.06. The molecule has 1 amide bonds. The maximum Gasteiger partial charge on any atom is 0.228 e. The molecule has 0 aliphatic heterocycles. The van der Waals surface area contributed by atoms with Gasteiger partial charge in [0.25, 0.3) is 0 Å². The summed E-state index contributed by atoms with van der Waals surface area (Å²) in [4.78, 5) is 12.3. The van der Waals surface area contributed by atoms with Crippen molar-refractivity contribution in [2.75, 3.05) is 5.32 Å². The van der Waals surface area contributed by atoms with Crippen LogP contribution in [0.1, 0.15) is 33.3 Å². The van der Waals surface area contributed by atoms with Gasteiger partial charge in [-0.1, -0.05) is 43.2 Å². The summed E-state index contributed by atoms with van der Waals surface area (Å²) < 4.78 is 0. The zero-order valence-corrected chi connectivity index (χ0v) is 12.4. The molecule has 1 saturated carbocycles. The van der Waals surface area contributed by atoms with Crippen LogP contribution in [0.3, 0.4) is 0 Å². The Morgan fingerprint density at radius 3 is 2.32 bits per heavy atom. The van der Waals surface area contributed by atoms with Gasteiger partial charge in [-0.15, -0.1) is 0 Å². The number of amides is 1. The fourth-order valence-electron chi connectivity index (χ4n) is 2.71. The van der Waals surface area contributed by atoms with Crippen LogP contribution in [0.2, 0.25) is 0 Å². The molecule has 2 rings (SSSR count). The van der Waals surface area contributed by atoms with Crippen LogP contribution in [-0.2, 0) is 4.79 Å². The van der Waals surface area contributed by atoms with E-state index in [4.69, 9.17) is 0 Å². The highest BCUT2D eigenvalue weighted by Gasteiger charge is 2.60. The van der Waals surface area contributed by atoms with Gasteiger partial charge in [0.05, 0.1) is 5.92 Å². The minimum absolute atomic E-state index is 0.0754. The quantitative estimate of drug-likeness (QED) is 0.809. The van der Waals surface area contributed by atoms with Crippen LogP contribution in [0.4, 0.5) is 5.69 Å². The first-order valence-electron chi connectivity index (χ1n) is 6.85. The smallest absolute Gasteiger partial charge is 0.228 e. The van der Waals surface area contributed by atoms with Crippen LogP contribution in [0.25, 0.3) is 0 Å². The minimum Gasteiger partial charge on any atom is -0.326 e. The van der Waals surface area contributed by atoms with E-state index in [9.17, 15) is 4.79 Å². The lowest BCUT2D eigenvalue weighted by molar-refractivity contribution is -0.118. The van der Waals surface area contributed by atoms with Gasteiger partial charge in [0.2, 0.25) is 5.91 Å². The van der Waals surface area contributed by atoms with Gasteiger partial charge in [-0.05, 0) is 44.2 Å². The van der Waals surface area contributed by atoms with Crippen LogP contribution < -0.4 is 5.32 Å². The van der Waals surface area contributed by atoms with Crippen molar-refractivity contribution in [2.24, 2.45) is 17.3 Å². The van der Waals surface area contributed by atoms with E-state index in [1.165, 1.54) is 11.1 Å². The van der Waals surface area contributed by atoms with E-state index >= 15 is 0 Å². The molecule has 2 nitrogen and oxygen atoms in total. The summed E-state index contributed by atoms with van der Waals surface area (Å²) >= 11 is 0. The van der Waals surface area contributed by atoms with Crippen LogP contribution in [0.15, 0.2) is 35.9 Å². The SMILES string of the molecule is CC(C)=CC1C(C(=O)Nc2ccc(C)cc2)C1(C)C. The average Bonchev–Trinajstić information content (AvgIpc) is 2.83. The summed E-state index contributed by atoms with van der Waals surface area (Å²) in [5.41, 5.74) is 3.44. The normalized spacial score (nSPS) is 23.6. The summed E-state index contributed by atoms with van der Waals surface area (Å²) in [7, 11) is 0. The molecule has 1 aromatic carbocycles. The summed E-state index contributed by atoms with van der Waals surface area (Å²) in [6.45, 7) is 10.5. The third-order valence-electron chi connectivity index (χ3n) is 4.03. The fourth-order valence-corrected chi connectivity index (χ4v) is 2.71. The second-order valence-electron chi connectivity index (χ2n) is 6.42. The minimum atomic E-state index is 0.0754. The van der Waals surface area contributed by atoms with Crippen molar-refractivity contribution in [2.45, 2.75) is 34.6 Å². The van der Waals surface area contributed by atoms with Crippen LogP contribution in [0, 0.1) is 24.2 Å². The summed E-state index contributed by atoms with van der Waals surface area (Å²) in [6, 6.07) is 7.94. The number of carbonyl (C=O) groups is 1. The number of aryl methyl sites for hydroxylation is 1. The third kappa shape index (κ3) is 2.89. The van der Waals surface area contributed by atoms with E-state index in [1.807, 2.05) is 31.2 Å². The van der Waals surface area contributed by atoms with E-state index in [2.05, 4.69) is 39.1 Å². The summed E-state index contributed by atoms with van der Waals surface area (Å²) in [5.74, 6) is 0.586. The maximum absolute atomic E-state index is 12.3. The Balaban J connectivity index is 2.05. The standard InChI is InChI=1S/C17H23NO/c1-11(2)10-14-15(17(14,4)5)16(19)18-13-8-6-12(3)7-9-13/h6-10,14-15H,1-5H3,(H,18,19). The predicted octanol–water partition coefficient (Wildman–Crippen LogP) is 4.17. The van der Waals surface area contributed by atoms with Gasteiger partial charge in [-0.2, -0.15) is 0 Å². The van der Waals surface area contributed by atoms with E-state index in [-0.39, 0.29) is 17.2 Å². The molecule has 2 unspecified atom stereocenters. The van der Waals surface area contributed by atoms with Gasteiger partial charge in [0.1, 0.15) is 0 Å². The molecule has 2 heteroatoms. The highest BCUT2D eigenvalue weighted by atomic mass is 16.2. The molecule has 1 N–H and O–H groups in total. The van der Waals surface area contributed by atoms with Crippen LogP contribution in [-0.4, -0.2) is 5.91 Å². The van der Waals surface area contributed by atoms with Crippen molar-refractivity contribution in [3.63, 3.8) is 0 Å². The number of anilines is 1. The molecular formula is C17H23NO. The highest BCUT2D eigenvalue weighted by Crippen LogP contribution is 2.59. The number of rotatable bonds is 3. The Morgan fingerprint density at radius 2 is 1.79 bits per heavy atom. The monoisotopic (exact) mass is 257 g/mol. The molecule has 0 spiro atoms. The van der Waals surface area contributed by atoms with Gasteiger partial charge < -0.3 is 5.32 Å². The highest BCUT2D eigenvalue weighted by molar-refractivity contribution is 5.95. The maximum atomic E-state index is 12.3. The molecule has 0 aromatic heterocycles. The van der Waals surface area contributed by atoms with E-state index in [0.29, 0.717) is 5.92 Å². The Labute approximate surface area is 115 Å². The largest absolute Gasteiger partial charge is 0.326 e. The third-order valence-corrected chi connectivity index (χ3v) is 4.03. The van der Waals surface area contributed by atoms with Gasteiger partial charge >= 0.3 is 0 Å². The first-order valence-corrected chi connectivity index (χ1v) is 6.85. The predicted molar refractivity (Wildman–Crippen MR) is 80.0 cm³/mol. The molecule has 102 valence electrons. The fraction of sp³-hybridized carbons (Fsp3) is 0.471. The molecule has 1 aliphatic rings. The topological polar surface area (TPSA) is 29.1 Å². The molecule has 0 radical (unpaired) electrons. The van der Waals surface area contributed by atoms with E-state index in [0.717, 1.165) is 5.69 Å². The Bertz CT molecular complexity index is 507. The summed E-state index contributed by atoms with van der Waals surface area (Å²) in [5, 5.41) is 3.02. The van der Waals surface area contributed by atoms with E-state index in [1.54, 1.807) is 0 Å². The lowest BCUT2D eigenvalue weighted by Crippen LogP contribution is -2.16. The Hall–Kier alpha value is -1.57. The molecule has 19 heavy (non-hydrogen) atoms. The van der Waals surface area contributed by atoms with Crippen molar-refractivity contribution in [1.29, 1.82) is 0 Å². The summed E-state index contributed by atoms with van der Waals surface area (Å²) in [6.07, 6.45) is 2.22. The second-order valence-corrected chi connectivity index (χ2v) is 6.42. The molecule has 2 atom stereocenters. The molecule has 1 fully saturated rings. The Morgan fingerprint density at radius 1 is 1.21 bits per heavy atom. The Kier molecular flexibility index (Phi) is 3.53. The average molecular weight is 257 g/mol. The van der Waals surface area contributed by atoms with Gasteiger partial charge in [0.15, 0.2) is 0 Å². The zero-order valence-electron chi connectivity index (χ0n) is 12.4. The van der Waals surface area contributed by atoms with Gasteiger partial charge in [0, 0.05) is 5.69 Å². The number of carbonyl (C=O) groups excluding carboxylic acids is 1. The van der Waals surface area contributed by atoms with Gasteiger partial charge in [-0.3, -0.25) is 4.79 Å².